The summed E-state index contributed by atoms with van der Waals surface area (Å²) < 4.78 is 16.3. The minimum absolute atomic E-state index is 0.841. The molecule has 0 aromatic heterocycles. The largest absolute Gasteiger partial charge is 0.416 e. The van der Waals surface area contributed by atoms with Crippen LogP contribution in [-0.2, 0) is 13.3 Å². The zero-order valence-corrected chi connectivity index (χ0v) is 18.8. The maximum atomic E-state index is 5.45. The van der Waals surface area contributed by atoms with E-state index >= 15 is 0 Å². The molecule has 3 saturated heterocycles. The molecule has 0 aromatic carbocycles. The number of hydrogen-bond acceptors (Lipinski definition) is 3. The zero-order chi connectivity index (χ0) is 17.5. The van der Waals surface area contributed by atoms with Crippen molar-refractivity contribution in [1.82, 2.24) is 0 Å². The molecule has 0 spiro atoms. The molecule has 3 aliphatic heterocycles. The number of hydrogen-bond donors (Lipinski definition) is 0. The first kappa shape index (κ1) is 21.8. The van der Waals surface area contributed by atoms with Crippen LogP contribution in [0.25, 0.3) is 0 Å². The van der Waals surface area contributed by atoms with Gasteiger partial charge in [-0.2, -0.15) is 0 Å². The van der Waals surface area contributed by atoms with Crippen LogP contribution in [0.2, 0.25) is 18.1 Å². The topological polar surface area (TPSA) is 27.7 Å². The van der Waals surface area contributed by atoms with E-state index in [1.807, 2.05) is 17.1 Å². The molecule has 0 N–H and O–H groups in total. The van der Waals surface area contributed by atoms with Gasteiger partial charge < -0.3 is 13.3 Å². The van der Waals surface area contributed by atoms with Gasteiger partial charge in [0.25, 0.3) is 0 Å². The molecule has 3 nitrogen and oxygen atoms in total. The Kier molecular flexibility index (Phi) is 13.7. The van der Waals surface area contributed by atoms with Crippen molar-refractivity contribution in [3.05, 3.63) is 36.8 Å². The molecule has 3 atom stereocenters. The lowest BCUT2D eigenvalue weighted by Crippen LogP contribution is -2.20. The quantitative estimate of drug-likeness (QED) is 0.694. The van der Waals surface area contributed by atoms with Gasteiger partial charge in [-0.15, -0.1) is 19.7 Å². The van der Waals surface area contributed by atoms with E-state index < -0.39 is 27.1 Å². The van der Waals surface area contributed by atoms with Gasteiger partial charge in [-0.25, -0.2) is 0 Å². The van der Waals surface area contributed by atoms with E-state index in [4.69, 9.17) is 13.3 Å². The van der Waals surface area contributed by atoms with Crippen LogP contribution in [0, 0.1) is 0 Å². The van der Waals surface area contributed by atoms with E-state index in [0.717, 1.165) is 19.8 Å². The summed E-state index contributed by atoms with van der Waals surface area (Å²) in [6.45, 7) is 14.1. The predicted octanol–water partition coefficient (Wildman–Crippen LogP) is 3.74. The first-order chi connectivity index (χ1) is 11.8. The lowest BCUT2D eigenvalue weighted by atomic mass is 10.4. The van der Waals surface area contributed by atoms with Crippen LogP contribution in [0.3, 0.4) is 0 Å². The van der Waals surface area contributed by atoms with Gasteiger partial charge in [0, 0.05) is 19.8 Å². The Labute approximate surface area is 154 Å². The molecule has 0 aromatic rings. The van der Waals surface area contributed by atoms with E-state index in [1.165, 1.54) is 56.7 Å². The van der Waals surface area contributed by atoms with Gasteiger partial charge in [0.15, 0.2) is 0 Å². The van der Waals surface area contributed by atoms with Crippen molar-refractivity contribution in [3.63, 3.8) is 0 Å². The lowest BCUT2D eigenvalue weighted by Gasteiger charge is -2.16. The molecule has 0 bridgehead atoms. The highest BCUT2D eigenvalue weighted by molar-refractivity contribution is 6.58. The summed E-state index contributed by atoms with van der Waals surface area (Å²) >= 11 is 0. The lowest BCUT2D eigenvalue weighted by molar-refractivity contribution is 0.294. The monoisotopic (exact) mass is 384 g/mol. The fraction of sp³-hybridized carbons (Fsp3) is 0.667. The van der Waals surface area contributed by atoms with Gasteiger partial charge in [0.05, 0.1) is 0 Å². The van der Waals surface area contributed by atoms with Gasteiger partial charge in [-0.05, 0) is 37.4 Å². The van der Waals surface area contributed by atoms with Gasteiger partial charge in [0.2, 0.25) is 27.1 Å². The van der Waals surface area contributed by atoms with Crippen LogP contribution in [0.1, 0.15) is 38.5 Å². The van der Waals surface area contributed by atoms with Crippen LogP contribution >= 0.6 is 0 Å². The summed E-state index contributed by atoms with van der Waals surface area (Å²) in [5.74, 6) is 0. The van der Waals surface area contributed by atoms with Crippen LogP contribution in [0.15, 0.2) is 36.8 Å². The number of rotatable bonds is 3. The summed E-state index contributed by atoms with van der Waals surface area (Å²) in [6.07, 6.45) is 7.88. The molecular formula is C18H36O3Si3. The van der Waals surface area contributed by atoms with Crippen molar-refractivity contribution < 1.29 is 13.3 Å². The minimum atomic E-state index is -0.841. The second-order valence-corrected chi connectivity index (χ2v) is 13.8. The SMILES string of the molecule is C=C[SiH]1CCCCO1.C=C[SiH]1CCCCO1.C=C[SiH]1CCCCO1. The molecule has 3 heterocycles. The predicted molar refractivity (Wildman–Crippen MR) is 112 cm³/mol. The van der Waals surface area contributed by atoms with Crippen molar-refractivity contribution >= 4 is 27.1 Å². The Morgan fingerprint density at radius 2 is 0.792 bits per heavy atom. The van der Waals surface area contributed by atoms with Crippen molar-refractivity contribution in [2.75, 3.05) is 19.8 Å². The first-order valence-corrected chi connectivity index (χ1v) is 15.4. The smallest absolute Gasteiger partial charge is 0.200 e. The molecule has 3 fully saturated rings. The van der Waals surface area contributed by atoms with Crippen LogP contribution in [0.5, 0.6) is 0 Å². The van der Waals surface area contributed by atoms with Gasteiger partial charge in [0.1, 0.15) is 0 Å². The van der Waals surface area contributed by atoms with Gasteiger partial charge in [-0.1, -0.05) is 36.4 Å². The highest BCUT2D eigenvalue weighted by atomic mass is 28.3. The third kappa shape index (κ3) is 10.6. The van der Waals surface area contributed by atoms with Crippen molar-refractivity contribution in [1.29, 1.82) is 0 Å². The molecule has 6 heteroatoms. The first-order valence-electron chi connectivity index (χ1n) is 9.52. The fourth-order valence-corrected chi connectivity index (χ4v) is 7.95. The highest BCUT2D eigenvalue weighted by Gasteiger charge is 2.11. The van der Waals surface area contributed by atoms with E-state index in [1.54, 1.807) is 0 Å². The molecule has 0 amide bonds. The highest BCUT2D eigenvalue weighted by Crippen LogP contribution is 2.11. The Hall–Kier alpha value is -0.249. The second-order valence-electron chi connectivity index (χ2n) is 6.42. The molecular weight excluding hydrogens is 348 g/mol. The molecule has 3 unspecified atom stereocenters. The van der Waals surface area contributed by atoms with Gasteiger partial charge in [-0.3, -0.25) is 0 Å². The summed E-state index contributed by atoms with van der Waals surface area (Å²) in [5, 5.41) is 0. The molecule has 24 heavy (non-hydrogen) atoms. The van der Waals surface area contributed by atoms with Crippen LogP contribution < -0.4 is 0 Å². The Morgan fingerprint density at radius 1 is 0.500 bits per heavy atom. The Bertz CT molecular complexity index is 282. The van der Waals surface area contributed by atoms with E-state index in [-0.39, 0.29) is 0 Å². The zero-order valence-electron chi connectivity index (χ0n) is 15.3. The maximum absolute atomic E-state index is 5.45. The average Bonchev–Trinajstić information content (AvgIpc) is 2.71. The minimum Gasteiger partial charge on any atom is -0.416 e. The molecule has 138 valence electrons. The Balaban J connectivity index is 0.000000180. The van der Waals surface area contributed by atoms with Crippen molar-refractivity contribution in [2.45, 2.75) is 56.7 Å². The summed E-state index contributed by atoms with van der Waals surface area (Å²) in [7, 11) is -2.52. The maximum Gasteiger partial charge on any atom is 0.200 e. The third-order valence-electron chi connectivity index (χ3n) is 4.43. The molecule has 3 aliphatic rings. The summed E-state index contributed by atoms with van der Waals surface area (Å²) in [4.78, 5) is 0. The molecule has 0 saturated carbocycles. The molecule has 3 rings (SSSR count). The molecule has 0 radical (unpaired) electrons. The normalized spacial score (nSPS) is 29.8. The van der Waals surface area contributed by atoms with E-state index in [2.05, 4.69) is 19.7 Å². The van der Waals surface area contributed by atoms with Gasteiger partial charge >= 0.3 is 0 Å². The third-order valence-corrected chi connectivity index (χ3v) is 10.9. The fourth-order valence-electron chi connectivity index (χ4n) is 2.85. The Morgan fingerprint density at radius 3 is 0.917 bits per heavy atom. The van der Waals surface area contributed by atoms with Crippen molar-refractivity contribution in [3.8, 4) is 0 Å². The van der Waals surface area contributed by atoms with Crippen LogP contribution in [-0.4, -0.2) is 46.9 Å². The standard InChI is InChI=1S/3C6H12OSi/c3*1-2-8-6-4-3-5-7-8/h3*2,8H,1,3-6H2. The summed E-state index contributed by atoms with van der Waals surface area (Å²) in [6, 6.07) is 3.93. The second kappa shape index (κ2) is 15.0. The molecule has 0 aliphatic carbocycles. The average molecular weight is 385 g/mol. The van der Waals surface area contributed by atoms with E-state index in [0.29, 0.717) is 0 Å². The van der Waals surface area contributed by atoms with Crippen LogP contribution in [0.4, 0.5) is 0 Å². The summed E-state index contributed by atoms with van der Waals surface area (Å²) in [5.41, 5.74) is 6.08. The van der Waals surface area contributed by atoms with Crippen molar-refractivity contribution in [2.24, 2.45) is 0 Å². The van der Waals surface area contributed by atoms with E-state index in [9.17, 15) is 0 Å².